The SMILES string of the molecule is CNC1(C#N)CCC(N2CCCC(C)(C)CC2)C1. The average Bonchev–Trinajstić information content (AvgIpc) is 2.70. The standard InChI is InChI=1S/C15H27N3/c1-14(2)6-4-9-18(10-8-14)13-5-7-15(11-13,12-16)17-3/h13,17H,4-11H2,1-3H3. The monoisotopic (exact) mass is 249 g/mol. The third kappa shape index (κ3) is 2.87. The topological polar surface area (TPSA) is 39.1 Å². The van der Waals surface area contributed by atoms with Gasteiger partial charge in [0, 0.05) is 6.04 Å². The van der Waals surface area contributed by atoms with E-state index in [0.29, 0.717) is 11.5 Å². The minimum Gasteiger partial charge on any atom is -0.302 e. The fourth-order valence-corrected chi connectivity index (χ4v) is 3.52. The van der Waals surface area contributed by atoms with Gasteiger partial charge in [0.15, 0.2) is 0 Å². The Morgan fingerprint density at radius 2 is 2.00 bits per heavy atom. The van der Waals surface area contributed by atoms with Crippen molar-refractivity contribution in [3.8, 4) is 6.07 Å². The molecule has 3 nitrogen and oxygen atoms in total. The van der Waals surface area contributed by atoms with E-state index in [1.54, 1.807) is 0 Å². The summed E-state index contributed by atoms with van der Waals surface area (Å²) in [6.07, 6.45) is 7.12. The predicted molar refractivity (Wildman–Crippen MR) is 74.2 cm³/mol. The number of nitrogens with one attached hydrogen (secondary N) is 1. The molecule has 2 aliphatic rings. The first kappa shape index (κ1) is 13.8. The molecule has 0 spiro atoms. The van der Waals surface area contributed by atoms with Crippen molar-refractivity contribution < 1.29 is 0 Å². The molecule has 1 aliphatic heterocycles. The summed E-state index contributed by atoms with van der Waals surface area (Å²) in [5.41, 5.74) is 0.245. The molecule has 1 aliphatic carbocycles. The highest BCUT2D eigenvalue weighted by Crippen LogP contribution is 2.36. The molecular formula is C15H27N3. The molecule has 2 unspecified atom stereocenters. The minimum atomic E-state index is -0.257. The Bertz CT molecular complexity index is 331. The lowest BCUT2D eigenvalue weighted by Gasteiger charge is -2.29. The Kier molecular flexibility index (Phi) is 3.99. The second-order valence-corrected chi connectivity index (χ2v) is 6.89. The van der Waals surface area contributed by atoms with Crippen molar-refractivity contribution >= 4 is 0 Å². The third-order valence-corrected chi connectivity index (χ3v) is 5.07. The Labute approximate surface area is 112 Å². The van der Waals surface area contributed by atoms with Gasteiger partial charge in [0.2, 0.25) is 0 Å². The Morgan fingerprint density at radius 3 is 2.61 bits per heavy atom. The average molecular weight is 249 g/mol. The highest BCUT2D eigenvalue weighted by Gasteiger charge is 2.41. The van der Waals surface area contributed by atoms with Gasteiger partial charge in [-0.3, -0.25) is 0 Å². The summed E-state index contributed by atoms with van der Waals surface area (Å²) in [4.78, 5) is 2.64. The second-order valence-electron chi connectivity index (χ2n) is 6.89. The van der Waals surface area contributed by atoms with Gasteiger partial charge in [-0.2, -0.15) is 5.26 Å². The first-order valence-electron chi connectivity index (χ1n) is 7.34. The van der Waals surface area contributed by atoms with Crippen LogP contribution < -0.4 is 5.32 Å². The summed E-state index contributed by atoms with van der Waals surface area (Å²) in [5.74, 6) is 0. The molecule has 0 radical (unpaired) electrons. The number of hydrogen-bond acceptors (Lipinski definition) is 3. The maximum absolute atomic E-state index is 9.34. The van der Waals surface area contributed by atoms with Crippen LogP contribution in [-0.2, 0) is 0 Å². The number of rotatable bonds is 2. The van der Waals surface area contributed by atoms with E-state index in [1.807, 2.05) is 7.05 Å². The van der Waals surface area contributed by atoms with Crippen molar-refractivity contribution in [2.24, 2.45) is 5.41 Å². The van der Waals surface area contributed by atoms with Crippen LogP contribution in [-0.4, -0.2) is 36.6 Å². The molecule has 0 amide bonds. The van der Waals surface area contributed by atoms with Gasteiger partial charge in [0.25, 0.3) is 0 Å². The Balaban J connectivity index is 1.96. The van der Waals surface area contributed by atoms with Gasteiger partial charge < -0.3 is 10.2 Å². The van der Waals surface area contributed by atoms with E-state index in [1.165, 1.54) is 38.8 Å². The molecule has 0 aromatic rings. The van der Waals surface area contributed by atoms with Gasteiger partial charge in [-0.05, 0) is 64.1 Å². The second kappa shape index (κ2) is 5.19. The molecule has 1 saturated heterocycles. The minimum absolute atomic E-state index is 0.257. The molecule has 1 heterocycles. The number of hydrogen-bond donors (Lipinski definition) is 1. The molecule has 1 saturated carbocycles. The molecule has 2 fully saturated rings. The number of nitrogens with zero attached hydrogens (tertiary/aromatic N) is 2. The smallest absolute Gasteiger partial charge is 0.108 e. The summed E-state index contributed by atoms with van der Waals surface area (Å²) in [7, 11) is 1.93. The van der Waals surface area contributed by atoms with Crippen LogP contribution in [0.4, 0.5) is 0 Å². The first-order chi connectivity index (χ1) is 8.50. The maximum atomic E-state index is 9.34. The van der Waals surface area contributed by atoms with Crippen LogP contribution in [0, 0.1) is 16.7 Å². The van der Waals surface area contributed by atoms with Crippen LogP contribution in [0.3, 0.4) is 0 Å². The molecule has 0 aromatic carbocycles. The highest BCUT2D eigenvalue weighted by atomic mass is 15.2. The van der Waals surface area contributed by atoms with Crippen LogP contribution >= 0.6 is 0 Å². The molecule has 0 bridgehead atoms. The molecule has 3 heteroatoms. The van der Waals surface area contributed by atoms with E-state index in [9.17, 15) is 5.26 Å². The van der Waals surface area contributed by atoms with Crippen LogP contribution in [0.5, 0.6) is 0 Å². The maximum Gasteiger partial charge on any atom is 0.108 e. The van der Waals surface area contributed by atoms with E-state index >= 15 is 0 Å². The van der Waals surface area contributed by atoms with E-state index in [2.05, 4.69) is 30.1 Å². The van der Waals surface area contributed by atoms with E-state index < -0.39 is 0 Å². The summed E-state index contributed by atoms with van der Waals surface area (Å²) in [6.45, 7) is 7.21. The van der Waals surface area contributed by atoms with Gasteiger partial charge in [0.1, 0.15) is 5.54 Å². The van der Waals surface area contributed by atoms with Crippen LogP contribution in [0.25, 0.3) is 0 Å². The van der Waals surface area contributed by atoms with Gasteiger partial charge in [0.05, 0.1) is 6.07 Å². The van der Waals surface area contributed by atoms with E-state index in [0.717, 1.165) is 12.8 Å². The molecule has 2 atom stereocenters. The zero-order chi connectivity index (χ0) is 13.2. The summed E-state index contributed by atoms with van der Waals surface area (Å²) >= 11 is 0. The summed E-state index contributed by atoms with van der Waals surface area (Å²) < 4.78 is 0. The third-order valence-electron chi connectivity index (χ3n) is 5.07. The lowest BCUT2D eigenvalue weighted by Crippen LogP contribution is -2.42. The Morgan fingerprint density at radius 1 is 1.22 bits per heavy atom. The van der Waals surface area contributed by atoms with Crippen molar-refractivity contribution in [2.45, 2.75) is 64.0 Å². The summed E-state index contributed by atoms with van der Waals surface area (Å²) in [6, 6.07) is 3.11. The van der Waals surface area contributed by atoms with E-state index in [-0.39, 0.29) is 5.54 Å². The first-order valence-corrected chi connectivity index (χ1v) is 7.34. The number of likely N-dealkylation sites (tertiary alicyclic amines) is 1. The molecule has 18 heavy (non-hydrogen) atoms. The molecule has 2 rings (SSSR count). The quantitative estimate of drug-likeness (QED) is 0.817. The van der Waals surface area contributed by atoms with Crippen LogP contribution in [0.1, 0.15) is 52.4 Å². The normalized spacial score (nSPS) is 37.1. The van der Waals surface area contributed by atoms with Crippen molar-refractivity contribution in [1.29, 1.82) is 5.26 Å². The van der Waals surface area contributed by atoms with E-state index in [4.69, 9.17) is 0 Å². The lowest BCUT2D eigenvalue weighted by atomic mass is 9.85. The van der Waals surface area contributed by atoms with Crippen molar-refractivity contribution in [1.82, 2.24) is 10.2 Å². The van der Waals surface area contributed by atoms with Crippen molar-refractivity contribution in [3.63, 3.8) is 0 Å². The summed E-state index contributed by atoms with van der Waals surface area (Å²) in [5, 5.41) is 12.6. The Hall–Kier alpha value is -0.590. The van der Waals surface area contributed by atoms with Crippen LogP contribution in [0.2, 0.25) is 0 Å². The van der Waals surface area contributed by atoms with Gasteiger partial charge in [-0.1, -0.05) is 13.8 Å². The largest absolute Gasteiger partial charge is 0.302 e. The lowest BCUT2D eigenvalue weighted by molar-refractivity contribution is 0.191. The van der Waals surface area contributed by atoms with Gasteiger partial charge >= 0.3 is 0 Å². The van der Waals surface area contributed by atoms with Crippen molar-refractivity contribution in [2.75, 3.05) is 20.1 Å². The van der Waals surface area contributed by atoms with Gasteiger partial charge in [-0.15, -0.1) is 0 Å². The number of nitriles is 1. The molecular weight excluding hydrogens is 222 g/mol. The molecule has 1 N–H and O–H groups in total. The predicted octanol–water partition coefficient (Wildman–Crippen LogP) is 2.53. The van der Waals surface area contributed by atoms with Crippen molar-refractivity contribution in [3.05, 3.63) is 0 Å². The zero-order valence-electron chi connectivity index (χ0n) is 12.1. The van der Waals surface area contributed by atoms with Gasteiger partial charge in [-0.25, -0.2) is 0 Å². The molecule has 0 aromatic heterocycles. The highest BCUT2D eigenvalue weighted by molar-refractivity contribution is 5.13. The fourth-order valence-electron chi connectivity index (χ4n) is 3.52. The fraction of sp³-hybridized carbons (Fsp3) is 0.933. The van der Waals surface area contributed by atoms with Crippen LogP contribution in [0.15, 0.2) is 0 Å². The molecule has 102 valence electrons. The zero-order valence-corrected chi connectivity index (χ0v) is 12.1.